The summed E-state index contributed by atoms with van der Waals surface area (Å²) in [5.41, 5.74) is 2.68. The first kappa shape index (κ1) is 18.2. The predicted molar refractivity (Wildman–Crippen MR) is 102 cm³/mol. The molecule has 0 unspecified atom stereocenters. The number of rotatable bonds is 6. The Bertz CT molecular complexity index is 1150. The summed E-state index contributed by atoms with van der Waals surface area (Å²) < 4.78 is 14.0. The molecule has 0 saturated carbocycles. The van der Waals surface area contributed by atoms with Gasteiger partial charge in [-0.1, -0.05) is 5.16 Å². The van der Waals surface area contributed by atoms with E-state index in [1.165, 1.54) is 11.3 Å². The maximum Gasteiger partial charge on any atom is 0.312 e. The Kier molecular flexibility index (Phi) is 4.60. The van der Waals surface area contributed by atoms with Gasteiger partial charge in [-0.25, -0.2) is 4.98 Å². The number of ether oxygens (including phenoxy) is 1. The Hall–Kier alpha value is -3.20. The molecule has 0 saturated heterocycles. The number of imidazole rings is 1. The van der Waals surface area contributed by atoms with Gasteiger partial charge >= 0.3 is 5.97 Å². The molecule has 9 heteroatoms. The molecule has 28 heavy (non-hydrogen) atoms. The molecule has 0 bridgehead atoms. The first-order valence-electron chi connectivity index (χ1n) is 8.65. The zero-order chi connectivity index (χ0) is 19.8. The van der Waals surface area contributed by atoms with Gasteiger partial charge in [0.1, 0.15) is 5.76 Å². The third-order valence-corrected chi connectivity index (χ3v) is 5.18. The lowest BCUT2D eigenvalue weighted by atomic mass is 10.1. The Morgan fingerprint density at radius 1 is 1.25 bits per heavy atom. The van der Waals surface area contributed by atoms with Gasteiger partial charge < -0.3 is 9.26 Å². The summed E-state index contributed by atoms with van der Waals surface area (Å²) in [5, 5.41) is 5.91. The van der Waals surface area contributed by atoms with E-state index >= 15 is 0 Å². The number of fused-ring (bicyclic) bond motifs is 1. The number of aryl methyl sites for hydroxylation is 2. The van der Waals surface area contributed by atoms with Crippen molar-refractivity contribution in [2.75, 3.05) is 6.61 Å². The van der Waals surface area contributed by atoms with Crippen LogP contribution < -0.4 is 0 Å². The summed E-state index contributed by atoms with van der Waals surface area (Å²) in [6, 6.07) is 3.56. The molecule has 4 heterocycles. The quantitative estimate of drug-likeness (QED) is 0.366. The monoisotopic (exact) mass is 398 g/mol. The van der Waals surface area contributed by atoms with Gasteiger partial charge in [0.25, 0.3) is 0 Å². The summed E-state index contributed by atoms with van der Waals surface area (Å²) in [4.78, 5) is 29.8. The van der Waals surface area contributed by atoms with Crippen LogP contribution in [0.4, 0.5) is 0 Å². The lowest BCUT2D eigenvalue weighted by molar-refractivity contribution is -0.141. The van der Waals surface area contributed by atoms with Gasteiger partial charge in [-0.3, -0.25) is 18.6 Å². The second-order valence-electron chi connectivity index (χ2n) is 6.50. The zero-order valence-corrected chi connectivity index (χ0v) is 16.4. The molecule has 0 spiro atoms. The van der Waals surface area contributed by atoms with Crippen molar-refractivity contribution in [3.63, 3.8) is 0 Å². The normalized spacial score (nSPS) is 11.2. The van der Waals surface area contributed by atoms with Gasteiger partial charge in [0.05, 0.1) is 12.1 Å². The number of aromatic nitrogens is 4. The van der Waals surface area contributed by atoms with Gasteiger partial charge in [-0.15, -0.1) is 11.3 Å². The van der Waals surface area contributed by atoms with Crippen molar-refractivity contribution >= 4 is 28.1 Å². The van der Waals surface area contributed by atoms with E-state index in [0.29, 0.717) is 22.8 Å². The molecular formula is C19H18N4O4S. The van der Waals surface area contributed by atoms with Gasteiger partial charge in [-0.05, 0) is 26.8 Å². The number of nitrogens with zero attached hydrogens (tertiary/aromatic N) is 4. The third-order valence-electron chi connectivity index (χ3n) is 4.41. The van der Waals surface area contributed by atoms with Gasteiger partial charge in [0.2, 0.25) is 5.78 Å². The third kappa shape index (κ3) is 3.36. The number of hydrogen-bond donors (Lipinski definition) is 0. The van der Waals surface area contributed by atoms with Crippen LogP contribution in [0.3, 0.4) is 0 Å². The lowest BCUT2D eigenvalue weighted by Gasteiger charge is -2.06. The van der Waals surface area contributed by atoms with E-state index in [1.807, 2.05) is 34.4 Å². The average Bonchev–Trinajstić information content (AvgIpc) is 3.38. The van der Waals surface area contributed by atoms with Crippen LogP contribution in [0.1, 0.15) is 33.2 Å². The number of thiazole rings is 1. The summed E-state index contributed by atoms with van der Waals surface area (Å²) >= 11 is 1.49. The number of hydrogen-bond acceptors (Lipinski definition) is 7. The number of carbonyl (C=O) groups excluding carboxylic acids is 2. The van der Waals surface area contributed by atoms with Crippen LogP contribution in [0.25, 0.3) is 10.8 Å². The molecule has 0 radical (unpaired) electrons. The molecule has 0 fully saturated rings. The number of ketones is 1. The van der Waals surface area contributed by atoms with Crippen molar-refractivity contribution < 1.29 is 18.8 Å². The van der Waals surface area contributed by atoms with Crippen LogP contribution in [0.15, 0.2) is 34.4 Å². The van der Waals surface area contributed by atoms with E-state index in [9.17, 15) is 9.59 Å². The fourth-order valence-corrected chi connectivity index (χ4v) is 3.86. The van der Waals surface area contributed by atoms with Crippen LogP contribution >= 0.6 is 11.3 Å². The van der Waals surface area contributed by atoms with E-state index in [-0.39, 0.29) is 18.8 Å². The predicted octanol–water partition coefficient (Wildman–Crippen LogP) is 3.07. The van der Waals surface area contributed by atoms with Crippen LogP contribution in [-0.2, 0) is 16.0 Å². The first-order valence-corrected chi connectivity index (χ1v) is 9.53. The molecule has 4 rings (SSSR count). The van der Waals surface area contributed by atoms with E-state index in [2.05, 4.69) is 10.1 Å². The molecule has 0 N–H and O–H groups in total. The minimum absolute atomic E-state index is 0.0267. The maximum absolute atomic E-state index is 12.6. The first-order chi connectivity index (χ1) is 13.4. The number of esters is 1. The lowest BCUT2D eigenvalue weighted by Crippen LogP contribution is -2.16. The van der Waals surface area contributed by atoms with Crippen LogP contribution in [0.5, 0.6) is 0 Å². The number of Topliss-reactive ketones (excluding diaryl/α,β-unsaturated/α-hetero) is 1. The Balaban J connectivity index is 1.42. The minimum Gasteiger partial charge on any atom is -0.457 e. The highest BCUT2D eigenvalue weighted by Crippen LogP contribution is 2.21. The standard InChI is InChI=1S/C19H18N4O4S/c1-11-6-15(13(3)23(11)17-7-12(2)27-21-17)16(24)10-26-18(25)8-14-9-22-4-5-28-19(22)20-14/h4-7,9H,8,10H2,1-3H3. The molecule has 0 aliphatic carbocycles. The largest absolute Gasteiger partial charge is 0.457 e. The molecule has 0 aliphatic rings. The molecular weight excluding hydrogens is 380 g/mol. The topological polar surface area (TPSA) is 91.6 Å². The van der Waals surface area contributed by atoms with Crippen molar-refractivity contribution in [3.8, 4) is 5.82 Å². The second-order valence-corrected chi connectivity index (χ2v) is 7.37. The van der Waals surface area contributed by atoms with Crippen LogP contribution in [0, 0.1) is 20.8 Å². The molecule has 4 aromatic heterocycles. The molecule has 4 aromatic rings. The molecule has 0 aliphatic heterocycles. The van der Waals surface area contributed by atoms with Crippen molar-refractivity contribution in [1.29, 1.82) is 0 Å². The van der Waals surface area contributed by atoms with Crippen molar-refractivity contribution in [2.45, 2.75) is 27.2 Å². The highest BCUT2D eigenvalue weighted by molar-refractivity contribution is 7.15. The fraction of sp³-hybridized carbons (Fsp3) is 0.263. The summed E-state index contributed by atoms with van der Waals surface area (Å²) in [5.74, 6) is 0.547. The van der Waals surface area contributed by atoms with Gasteiger partial charge in [0, 0.05) is 40.8 Å². The van der Waals surface area contributed by atoms with Crippen molar-refractivity contribution in [2.24, 2.45) is 0 Å². The van der Waals surface area contributed by atoms with Crippen LogP contribution in [0.2, 0.25) is 0 Å². The van der Waals surface area contributed by atoms with E-state index in [4.69, 9.17) is 9.26 Å². The Morgan fingerprint density at radius 2 is 2.07 bits per heavy atom. The number of carbonyl (C=O) groups is 2. The fourth-order valence-electron chi connectivity index (χ4n) is 3.14. The smallest absolute Gasteiger partial charge is 0.312 e. The highest BCUT2D eigenvalue weighted by atomic mass is 32.1. The van der Waals surface area contributed by atoms with Crippen molar-refractivity contribution in [3.05, 3.63) is 58.3 Å². The van der Waals surface area contributed by atoms with Crippen molar-refractivity contribution in [1.82, 2.24) is 19.1 Å². The van der Waals surface area contributed by atoms with Crippen LogP contribution in [-0.4, -0.2) is 37.5 Å². The molecule has 0 aromatic carbocycles. The minimum atomic E-state index is -0.486. The van der Waals surface area contributed by atoms with E-state index < -0.39 is 5.97 Å². The Morgan fingerprint density at radius 3 is 2.79 bits per heavy atom. The van der Waals surface area contributed by atoms with E-state index in [1.54, 1.807) is 25.3 Å². The average molecular weight is 398 g/mol. The molecule has 0 atom stereocenters. The summed E-state index contributed by atoms with van der Waals surface area (Å²) in [6.07, 6.45) is 3.68. The SMILES string of the molecule is Cc1cc(-n2c(C)cc(C(=O)COC(=O)Cc3cn4ccsc4n3)c2C)no1. The van der Waals surface area contributed by atoms with Gasteiger partial charge in [-0.2, -0.15) is 0 Å². The molecule has 144 valence electrons. The maximum atomic E-state index is 12.6. The molecule has 0 amide bonds. The molecule has 8 nitrogen and oxygen atoms in total. The summed E-state index contributed by atoms with van der Waals surface area (Å²) in [7, 11) is 0. The Labute approximate surface area is 164 Å². The zero-order valence-electron chi connectivity index (χ0n) is 15.6. The van der Waals surface area contributed by atoms with E-state index in [0.717, 1.165) is 16.3 Å². The highest BCUT2D eigenvalue weighted by Gasteiger charge is 2.20. The second kappa shape index (κ2) is 7.08. The van der Waals surface area contributed by atoms with Gasteiger partial charge in [0.15, 0.2) is 17.4 Å². The summed E-state index contributed by atoms with van der Waals surface area (Å²) in [6.45, 7) is 5.19.